The first-order chi connectivity index (χ1) is 15.1. The van der Waals surface area contributed by atoms with Crippen molar-refractivity contribution >= 4 is 43.0 Å². The molecule has 3 N–H and O–H groups in total. The standard InChI is InChI=1S/C24H22N4O2S/c1-13-11-18(23(30)22(13)29)26-20-9-10-25-21-12-17(27-28(20)21)16-7-4-6-15-14-5-2-3-8-19(14)31-24(15)16/h2-10,12-13,18,22-23,26,29-30H,11H2,1H3/t13-,18?,22-,23?/m1/s1. The molecule has 31 heavy (non-hydrogen) atoms. The maximum absolute atomic E-state index is 10.4. The Labute approximate surface area is 182 Å². The zero-order valence-electron chi connectivity index (χ0n) is 16.9. The van der Waals surface area contributed by atoms with Gasteiger partial charge < -0.3 is 15.5 Å². The summed E-state index contributed by atoms with van der Waals surface area (Å²) < 4.78 is 4.26. The molecule has 1 saturated carbocycles. The first-order valence-corrected chi connectivity index (χ1v) is 11.3. The van der Waals surface area contributed by atoms with E-state index in [2.05, 4.69) is 52.8 Å². The second kappa shape index (κ2) is 7.02. The first-order valence-electron chi connectivity index (χ1n) is 10.5. The molecule has 6 nitrogen and oxygen atoms in total. The molecule has 0 aliphatic heterocycles. The highest BCUT2D eigenvalue weighted by atomic mass is 32.1. The molecule has 5 aromatic rings. The van der Waals surface area contributed by atoms with Crippen molar-refractivity contribution in [1.29, 1.82) is 0 Å². The van der Waals surface area contributed by atoms with Crippen LogP contribution in [-0.2, 0) is 0 Å². The molecular formula is C24H22N4O2S. The summed E-state index contributed by atoms with van der Waals surface area (Å²) in [5.74, 6) is 0.800. The number of nitrogens with one attached hydrogen (secondary N) is 1. The summed E-state index contributed by atoms with van der Waals surface area (Å²) in [7, 11) is 0. The third kappa shape index (κ3) is 2.92. The molecule has 6 rings (SSSR count). The van der Waals surface area contributed by atoms with Gasteiger partial charge in [0, 0.05) is 38.0 Å². The van der Waals surface area contributed by atoms with Crippen molar-refractivity contribution in [3.8, 4) is 11.3 Å². The molecule has 3 aromatic heterocycles. The lowest BCUT2D eigenvalue weighted by atomic mass is 10.1. The molecule has 0 spiro atoms. The van der Waals surface area contributed by atoms with Crippen molar-refractivity contribution in [2.45, 2.75) is 31.6 Å². The quantitative estimate of drug-likeness (QED) is 0.397. The van der Waals surface area contributed by atoms with Crippen LogP contribution in [0, 0.1) is 5.92 Å². The van der Waals surface area contributed by atoms with E-state index in [0.717, 1.165) is 22.7 Å². The third-order valence-corrected chi connectivity index (χ3v) is 7.56. The van der Waals surface area contributed by atoms with Crippen LogP contribution < -0.4 is 5.32 Å². The van der Waals surface area contributed by atoms with E-state index in [4.69, 9.17) is 5.10 Å². The van der Waals surface area contributed by atoms with Crippen LogP contribution in [-0.4, -0.2) is 43.1 Å². The minimum atomic E-state index is -0.805. The summed E-state index contributed by atoms with van der Waals surface area (Å²) in [6, 6.07) is 18.4. The van der Waals surface area contributed by atoms with E-state index < -0.39 is 12.2 Å². The van der Waals surface area contributed by atoms with E-state index in [-0.39, 0.29) is 12.0 Å². The Morgan fingerprint density at radius 2 is 1.87 bits per heavy atom. The van der Waals surface area contributed by atoms with Gasteiger partial charge in [-0.1, -0.05) is 43.3 Å². The molecule has 7 heteroatoms. The van der Waals surface area contributed by atoms with Gasteiger partial charge in [-0.3, -0.25) is 0 Å². The molecule has 0 amide bonds. The van der Waals surface area contributed by atoms with Gasteiger partial charge in [-0.2, -0.15) is 9.61 Å². The van der Waals surface area contributed by atoms with Crippen LogP contribution in [0.15, 0.2) is 60.8 Å². The number of aliphatic hydroxyl groups is 2. The Kier molecular flexibility index (Phi) is 4.24. The predicted octanol–water partition coefficient (Wildman–Crippen LogP) is 4.31. The topological polar surface area (TPSA) is 82.7 Å². The van der Waals surface area contributed by atoms with Crippen molar-refractivity contribution in [3.05, 3.63) is 60.8 Å². The summed E-state index contributed by atoms with van der Waals surface area (Å²) in [5, 5.41) is 31.2. The first kappa shape index (κ1) is 18.7. The maximum atomic E-state index is 10.4. The van der Waals surface area contributed by atoms with Crippen molar-refractivity contribution in [3.63, 3.8) is 0 Å². The number of rotatable bonds is 3. The summed E-state index contributed by atoms with van der Waals surface area (Å²) in [6.45, 7) is 1.95. The lowest BCUT2D eigenvalue weighted by molar-refractivity contribution is 0.0210. The molecule has 156 valence electrons. The molecule has 2 aromatic carbocycles. The fourth-order valence-electron chi connectivity index (χ4n) is 4.67. The number of aliphatic hydroxyl groups excluding tert-OH is 2. The van der Waals surface area contributed by atoms with E-state index in [9.17, 15) is 10.2 Å². The van der Waals surface area contributed by atoms with Gasteiger partial charge in [-0.25, -0.2) is 4.98 Å². The van der Waals surface area contributed by atoms with Crippen LogP contribution in [0.1, 0.15) is 13.3 Å². The monoisotopic (exact) mass is 430 g/mol. The average molecular weight is 431 g/mol. The number of nitrogens with zero attached hydrogens (tertiary/aromatic N) is 3. The van der Waals surface area contributed by atoms with E-state index in [0.29, 0.717) is 6.42 Å². The second-order valence-corrected chi connectivity index (χ2v) is 9.41. The molecular weight excluding hydrogens is 408 g/mol. The van der Waals surface area contributed by atoms with Crippen LogP contribution in [0.5, 0.6) is 0 Å². The fourth-order valence-corrected chi connectivity index (χ4v) is 5.90. The Hall–Kier alpha value is -3.00. The van der Waals surface area contributed by atoms with Gasteiger partial charge in [0.1, 0.15) is 11.9 Å². The Morgan fingerprint density at radius 1 is 1.03 bits per heavy atom. The molecule has 1 aliphatic rings. The summed E-state index contributed by atoms with van der Waals surface area (Å²) in [4.78, 5) is 4.49. The van der Waals surface area contributed by atoms with Gasteiger partial charge in [-0.15, -0.1) is 11.3 Å². The molecule has 0 bridgehead atoms. The zero-order valence-corrected chi connectivity index (χ0v) is 17.8. The Balaban J connectivity index is 1.45. The second-order valence-electron chi connectivity index (χ2n) is 8.36. The minimum Gasteiger partial charge on any atom is -0.390 e. The smallest absolute Gasteiger partial charge is 0.157 e. The molecule has 1 aliphatic carbocycles. The highest BCUT2D eigenvalue weighted by Crippen LogP contribution is 2.39. The number of aromatic nitrogens is 3. The number of hydrogen-bond acceptors (Lipinski definition) is 6. The van der Waals surface area contributed by atoms with E-state index >= 15 is 0 Å². The van der Waals surface area contributed by atoms with Crippen LogP contribution in [0.25, 0.3) is 37.1 Å². The molecule has 4 atom stereocenters. The zero-order chi connectivity index (χ0) is 21.1. The normalized spacial score (nSPS) is 23.8. The predicted molar refractivity (Wildman–Crippen MR) is 125 cm³/mol. The Bertz CT molecular complexity index is 1430. The largest absolute Gasteiger partial charge is 0.390 e. The van der Waals surface area contributed by atoms with E-state index in [1.807, 2.05) is 19.1 Å². The molecule has 3 heterocycles. The molecule has 0 radical (unpaired) electrons. The lowest BCUT2D eigenvalue weighted by Crippen LogP contribution is -2.35. The van der Waals surface area contributed by atoms with Crippen molar-refractivity contribution in [1.82, 2.24) is 14.6 Å². The van der Waals surface area contributed by atoms with Gasteiger partial charge in [0.05, 0.1) is 17.8 Å². The number of thiophene rings is 1. The third-order valence-electron chi connectivity index (χ3n) is 6.34. The fraction of sp³-hybridized carbons (Fsp3) is 0.250. The van der Waals surface area contributed by atoms with Gasteiger partial charge in [0.15, 0.2) is 5.65 Å². The average Bonchev–Trinajstić information content (AvgIpc) is 3.45. The van der Waals surface area contributed by atoms with Crippen LogP contribution >= 0.6 is 11.3 Å². The van der Waals surface area contributed by atoms with Gasteiger partial charge in [-0.05, 0) is 24.5 Å². The van der Waals surface area contributed by atoms with Gasteiger partial charge in [0.2, 0.25) is 0 Å². The van der Waals surface area contributed by atoms with E-state index in [1.54, 1.807) is 22.0 Å². The molecule has 2 unspecified atom stereocenters. The number of hydrogen-bond donors (Lipinski definition) is 3. The Morgan fingerprint density at radius 3 is 2.71 bits per heavy atom. The number of fused-ring (bicyclic) bond motifs is 4. The highest BCUT2D eigenvalue weighted by Gasteiger charge is 2.39. The van der Waals surface area contributed by atoms with E-state index in [1.165, 1.54) is 20.2 Å². The SMILES string of the molecule is C[C@@H]1CC(Nc2ccnc3cc(-c4cccc5c4sc4ccccc45)nn23)C(O)[C@@H]1O. The van der Waals surface area contributed by atoms with Gasteiger partial charge >= 0.3 is 0 Å². The highest BCUT2D eigenvalue weighted by molar-refractivity contribution is 7.26. The molecule has 0 saturated heterocycles. The number of anilines is 1. The van der Waals surface area contributed by atoms with Crippen LogP contribution in [0.4, 0.5) is 5.82 Å². The molecule has 1 fully saturated rings. The minimum absolute atomic E-state index is 0.0450. The maximum Gasteiger partial charge on any atom is 0.157 e. The summed E-state index contributed by atoms with van der Waals surface area (Å²) in [5.41, 5.74) is 2.68. The van der Waals surface area contributed by atoms with Crippen LogP contribution in [0.2, 0.25) is 0 Å². The van der Waals surface area contributed by atoms with Gasteiger partial charge in [0.25, 0.3) is 0 Å². The van der Waals surface area contributed by atoms with Crippen molar-refractivity contribution < 1.29 is 10.2 Å². The van der Waals surface area contributed by atoms with Crippen LogP contribution in [0.3, 0.4) is 0 Å². The van der Waals surface area contributed by atoms with Crippen molar-refractivity contribution in [2.24, 2.45) is 5.92 Å². The number of benzene rings is 2. The summed E-state index contributed by atoms with van der Waals surface area (Å²) in [6.07, 6.45) is 0.917. The van der Waals surface area contributed by atoms with Crippen molar-refractivity contribution in [2.75, 3.05) is 5.32 Å². The lowest BCUT2D eigenvalue weighted by Gasteiger charge is -2.19. The summed E-state index contributed by atoms with van der Waals surface area (Å²) >= 11 is 1.78.